The van der Waals surface area contributed by atoms with Crippen LogP contribution in [0.1, 0.15) is 26.3 Å². The van der Waals surface area contributed by atoms with Crippen LogP contribution >= 0.6 is 0 Å². The van der Waals surface area contributed by atoms with Gasteiger partial charge >= 0.3 is 0 Å². The second kappa shape index (κ2) is 13.6. The minimum Gasteiger partial charge on any atom is -0.319 e. The van der Waals surface area contributed by atoms with E-state index >= 15 is 0 Å². The maximum atomic E-state index is 4.88. The van der Waals surface area contributed by atoms with Crippen LogP contribution in [0.3, 0.4) is 0 Å². The predicted molar refractivity (Wildman–Crippen MR) is 219 cm³/mol. The van der Waals surface area contributed by atoms with Crippen LogP contribution in [0.2, 0.25) is 0 Å². The molecule has 9 aromatic rings. The molecule has 3 heterocycles. The topological polar surface area (TPSA) is 27.7 Å². The summed E-state index contributed by atoms with van der Waals surface area (Å²) in [6, 6.07) is 63.1. The number of benzene rings is 6. The van der Waals surface area contributed by atoms with Crippen LogP contribution in [0.25, 0.3) is 44.3 Å². The number of pyridine rings is 1. The van der Waals surface area contributed by atoms with Gasteiger partial charge in [-0.2, -0.15) is 35.5 Å². The van der Waals surface area contributed by atoms with Gasteiger partial charge in [0.05, 0.1) is 5.54 Å². The largest absolute Gasteiger partial charge is 0.319 e. The van der Waals surface area contributed by atoms with E-state index in [1.54, 1.807) is 0 Å². The molecule has 0 aliphatic heterocycles. The Kier molecular flexibility index (Phi) is 8.88. The van der Waals surface area contributed by atoms with Crippen molar-refractivity contribution in [2.45, 2.75) is 33.2 Å². The van der Waals surface area contributed by atoms with E-state index in [0.29, 0.717) is 0 Å². The summed E-state index contributed by atoms with van der Waals surface area (Å²) >= 11 is 0. The van der Waals surface area contributed by atoms with E-state index in [-0.39, 0.29) is 26.6 Å². The molecule has 0 aliphatic rings. The van der Waals surface area contributed by atoms with Crippen LogP contribution in [0.15, 0.2) is 164 Å². The summed E-state index contributed by atoms with van der Waals surface area (Å²) in [7, 11) is -3.03. The summed E-state index contributed by atoms with van der Waals surface area (Å²) in [6.07, 6.45) is 4.14. The van der Waals surface area contributed by atoms with E-state index in [0.717, 1.165) is 33.4 Å². The van der Waals surface area contributed by atoms with E-state index < -0.39 is 8.07 Å². The van der Waals surface area contributed by atoms with Crippen LogP contribution in [-0.2, 0) is 26.6 Å². The second-order valence-corrected chi connectivity index (χ2v) is 18.4. The van der Waals surface area contributed by atoms with Crippen molar-refractivity contribution in [3.05, 3.63) is 182 Å². The van der Waals surface area contributed by atoms with E-state index in [2.05, 4.69) is 212 Å². The first-order chi connectivity index (χ1) is 25.3. The second-order valence-electron chi connectivity index (χ2n) is 14.6. The number of para-hydroxylation sites is 3. The molecule has 3 aromatic heterocycles. The molecule has 0 amide bonds. The summed E-state index contributed by atoms with van der Waals surface area (Å²) in [5.41, 5.74) is 6.58. The zero-order valence-electron chi connectivity index (χ0n) is 30.2. The Labute approximate surface area is 326 Å². The maximum Gasteiger partial charge on any atom is 0.188 e. The number of aryl methyl sites for hydroxylation is 1. The van der Waals surface area contributed by atoms with Gasteiger partial charge < -0.3 is 4.57 Å². The van der Waals surface area contributed by atoms with Gasteiger partial charge in [0.1, 0.15) is 13.9 Å². The molecular weight excluding hydrogens is 844 g/mol. The third-order valence-electron chi connectivity index (χ3n) is 10.3. The number of hydrogen-bond acceptors (Lipinski definition) is 1. The third-order valence-corrected chi connectivity index (χ3v) is 14.9. The van der Waals surface area contributed by atoms with Crippen molar-refractivity contribution in [1.82, 2.24) is 18.7 Å². The Morgan fingerprint density at radius 2 is 1.23 bits per heavy atom. The van der Waals surface area contributed by atoms with Crippen LogP contribution in [-0.4, -0.2) is 26.8 Å². The molecule has 4 nitrogen and oxygen atoms in total. The van der Waals surface area contributed by atoms with Gasteiger partial charge in [0.15, 0.2) is 17.4 Å². The fourth-order valence-electron chi connectivity index (χ4n) is 7.96. The van der Waals surface area contributed by atoms with Gasteiger partial charge in [-0.1, -0.05) is 84.4 Å². The van der Waals surface area contributed by atoms with Gasteiger partial charge in [0.2, 0.25) is 0 Å². The average molecular weight is 883 g/mol. The molecule has 6 aromatic carbocycles. The molecule has 0 aliphatic carbocycles. The molecule has 0 saturated heterocycles. The van der Waals surface area contributed by atoms with Crippen molar-refractivity contribution in [1.29, 1.82) is 0 Å². The Balaban J connectivity index is 0.00000400. The van der Waals surface area contributed by atoms with Gasteiger partial charge in [-0.05, 0) is 79.3 Å². The van der Waals surface area contributed by atoms with Crippen LogP contribution < -0.4 is 20.7 Å². The number of fused-ring (bicyclic) bond motifs is 4. The van der Waals surface area contributed by atoms with E-state index in [4.69, 9.17) is 4.98 Å². The molecule has 0 radical (unpaired) electrons. The fourth-order valence-corrected chi connectivity index (χ4v) is 12.5. The van der Waals surface area contributed by atoms with Crippen LogP contribution in [0.5, 0.6) is 0 Å². The smallest absolute Gasteiger partial charge is 0.188 e. The first kappa shape index (κ1) is 34.7. The van der Waals surface area contributed by atoms with Crippen LogP contribution in [0, 0.1) is 19.1 Å². The molecule has 0 saturated carbocycles. The van der Waals surface area contributed by atoms with Gasteiger partial charge in [-0.25, -0.2) is 14.1 Å². The summed E-state index contributed by atoms with van der Waals surface area (Å²) < 4.78 is 6.95. The number of aromatic nitrogens is 4. The van der Waals surface area contributed by atoms with Gasteiger partial charge in [0, 0.05) is 50.6 Å². The zero-order chi connectivity index (χ0) is 35.5. The Bertz CT molecular complexity index is 2700. The molecular formula is C47H39N4PtSi-. The standard InChI is InChI=1S/C47H39N4Si.Pt/c1-34-28-29-48-46(30-34)51-42-23-12-11-22-40(42)41-27-26-39(32-45(41)51)52(36-17-7-5-8-18-36,37-19-9-6-10-20-37)38-21-15-16-35(31-38)49-33-50(47(2,3)4)44-25-14-13-24-43(44)49;/h5-30,33H,1-4H3;/q-1;. The summed E-state index contributed by atoms with van der Waals surface area (Å²) in [4.78, 5) is 4.88. The van der Waals surface area contributed by atoms with Crippen molar-refractivity contribution >= 4 is 61.7 Å². The van der Waals surface area contributed by atoms with Crippen LogP contribution in [0.4, 0.5) is 0 Å². The average Bonchev–Trinajstić information content (AvgIpc) is 3.73. The SMILES string of the molecule is Cc1ccnc(-n2c3[c-]c([Si](c4[c-]c(-n5[cH+]n(C(C)(C)C)c6ccccc65)ccc4)(c4ccccc4)c4ccccc4)ccc3c3ccccc32)c1.[Pt]. The number of rotatable bonds is 6. The van der Waals surface area contributed by atoms with E-state index in [1.807, 2.05) is 6.20 Å². The fraction of sp³-hybridized carbons (Fsp3) is 0.106. The van der Waals surface area contributed by atoms with Gasteiger partial charge in [-0.15, -0.1) is 22.7 Å². The Morgan fingerprint density at radius 1 is 0.604 bits per heavy atom. The molecule has 6 heteroatoms. The van der Waals surface area contributed by atoms with Gasteiger partial charge in [0.25, 0.3) is 0 Å². The van der Waals surface area contributed by atoms with Crippen molar-refractivity contribution in [3.63, 3.8) is 0 Å². The summed E-state index contributed by atoms with van der Waals surface area (Å²) in [5, 5.41) is 7.26. The van der Waals surface area contributed by atoms with Crippen molar-refractivity contribution < 1.29 is 21.1 Å². The van der Waals surface area contributed by atoms with Gasteiger partial charge in [-0.3, -0.25) is 0 Å². The van der Waals surface area contributed by atoms with E-state index in [9.17, 15) is 0 Å². The first-order valence-electron chi connectivity index (χ1n) is 17.9. The number of imidazole rings is 1. The third kappa shape index (κ3) is 5.71. The molecule has 0 bridgehead atoms. The monoisotopic (exact) mass is 882 g/mol. The quantitative estimate of drug-likeness (QED) is 0.0941. The molecule has 0 unspecified atom stereocenters. The molecule has 262 valence electrons. The van der Waals surface area contributed by atoms with E-state index in [1.165, 1.54) is 37.2 Å². The number of nitrogens with zero attached hydrogens (tertiary/aromatic N) is 4. The van der Waals surface area contributed by atoms with Crippen molar-refractivity contribution in [3.8, 4) is 11.5 Å². The molecule has 0 atom stereocenters. The maximum absolute atomic E-state index is 4.88. The number of hydrogen-bond donors (Lipinski definition) is 0. The minimum absolute atomic E-state index is 0. The molecule has 0 fully saturated rings. The van der Waals surface area contributed by atoms with Crippen molar-refractivity contribution in [2.75, 3.05) is 0 Å². The Hall–Kier alpha value is -5.35. The normalized spacial score (nSPS) is 12.0. The molecule has 0 spiro atoms. The molecule has 9 rings (SSSR count). The predicted octanol–water partition coefficient (Wildman–Crippen LogP) is 8.24. The van der Waals surface area contributed by atoms with Crippen molar-refractivity contribution in [2.24, 2.45) is 0 Å². The summed E-state index contributed by atoms with van der Waals surface area (Å²) in [6.45, 7) is 8.88. The molecule has 0 N–H and O–H groups in total. The zero-order valence-corrected chi connectivity index (χ0v) is 33.5. The minimum atomic E-state index is -3.03. The Morgan fingerprint density at radius 3 is 1.91 bits per heavy atom. The first-order valence-corrected chi connectivity index (χ1v) is 19.9. The molecule has 53 heavy (non-hydrogen) atoms. The summed E-state index contributed by atoms with van der Waals surface area (Å²) in [5.74, 6) is 0.895.